The zero-order valence-electron chi connectivity index (χ0n) is 12.4. The van der Waals surface area contributed by atoms with Crippen molar-refractivity contribution in [3.05, 3.63) is 57.7 Å². The number of ether oxygens (including phenoxy) is 1. The summed E-state index contributed by atoms with van der Waals surface area (Å²) in [5.74, 6) is 0.871. The lowest BCUT2D eigenvalue weighted by atomic mass is 10.1. The summed E-state index contributed by atoms with van der Waals surface area (Å²) in [6.07, 6.45) is 0.784. The average Bonchev–Trinajstić information content (AvgIpc) is 2.52. The molecule has 0 atom stereocenters. The molecule has 2 rings (SSSR count). The standard InChI is InChI=1S/C17H19IN2O2/c1-2-22-16-9-3-13(4-10-16)11-12-19-17(21)20-15-7-5-14(18)6-8-15/h3-10H,2,11-12H2,1H3,(H2,19,20,21). The van der Waals surface area contributed by atoms with Gasteiger partial charge in [-0.2, -0.15) is 0 Å². The SMILES string of the molecule is CCOc1ccc(CCNC(=O)Nc2ccc(I)cc2)cc1. The molecule has 0 heterocycles. The molecule has 22 heavy (non-hydrogen) atoms. The van der Waals surface area contributed by atoms with E-state index in [1.54, 1.807) is 0 Å². The molecule has 2 N–H and O–H groups in total. The van der Waals surface area contributed by atoms with Crippen LogP contribution < -0.4 is 15.4 Å². The van der Waals surface area contributed by atoms with E-state index in [1.165, 1.54) is 0 Å². The van der Waals surface area contributed by atoms with Gasteiger partial charge < -0.3 is 15.4 Å². The number of nitrogens with one attached hydrogen (secondary N) is 2. The fraction of sp³-hybridized carbons (Fsp3) is 0.235. The molecule has 0 fully saturated rings. The van der Waals surface area contributed by atoms with Crippen molar-refractivity contribution in [1.82, 2.24) is 5.32 Å². The quantitative estimate of drug-likeness (QED) is 0.706. The summed E-state index contributed by atoms with van der Waals surface area (Å²) in [6, 6.07) is 15.4. The van der Waals surface area contributed by atoms with Crippen LogP contribution in [0.2, 0.25) is 0 Å². The third kappa shape index (κ3) is 5.55. The maximum absolute atomic E-state index is 11.8. The van der Waals surface area contributed by atoms with Gasteiger partial charge in [0.2, 0.25) is 0 Å². The lowest BCUT2D eigenvalue weighted by molar-refractivity contribution is 0.252. The van der Waals surface area contributed by atoms with Crippen LogP contribution in [0.25, 0.3) is 0 Å². The van der Waals surface area contributed by atoms with Crippen molar-refractivity contribution in [1.29, 1.82) is 0 Å². The highest BCUT2D eigenvalue weighted by molar-refractivity contribution is 14.1. The summed E-state index contributed by atoms with van der Waals surface area (Å²) in [7, 11) is 0. The van der Waals surface area contributed by atoms with E-state index in [-0.39, 0.29) is 6.03 Å². The second kappa shape index (κ2) is 8.63. The molecule has 0 aliphatic rings. The van der Waals surface area contributed by atoms with E-state index in [2.05, 4.69) is 33.2 Å². The van der Waals surface area contributed by atoms with Crippen LogP contribution >= 0.6 is 22.6 Å². The van der Waals surface area contributed by atoms with E-state index in [4.69, 9.17) is 4.74 Å². The number of hydrogen-bond acceptors (Lipinski definition) is 2. The van der Waals surface area contributed by atoms with Crippen LogP contribution in [0, 0.1) is 3.57 Å². The monoisotopic (exact) mass is 410 g/mol. The normalized spacial score (nSPS) is 10.1. The van der Waals surface area contributed by atoms with E-state index in [0.29, 0.717) is 13.2 Å². The molecule has 0 aromatic heterocycles. The van der Waals surface area contributed by atoms with Gasteiger partial charge in [0, 0.05) is 15.8 Å². The topological polar surface area (TPSA) is 50.4 Å². The molecular formula is C17H19IN2O2. The van der Waals surface area contributed by atoms with E-state index in [0.717, 1.165) is 27.0 Å². The first-order chi connectivity index (χ1) is 10.7. The Morgan fingerprint density at radius 2 is 1.77 bits per heavy atom. The molecule has 0 radical (unpaired) electrons. The van der Waals surface area contributed by atoms with Crippen LogP contribution in [0.3, 0.4) is 0 Å². The van der Waals surface area contributed by atoms with E-state index in [1.807, 2.05) is 55.5 Å². The predicted octanol–water partition coefficient (Wildman–Crippen LogP) is 4.05. The molecule has 0 unspecified atom stereocenters. The minimum Gasteiger partial charge on any atom is -0.494 e. The van der Waals surface area contributed by atoms with E-state index >= 15 is 0 Å². The third-order valence-corrected chi connectivity index (χ3v) is 3.75. The Kier molecular flexibility index (Phi) is 6.51. The summed E-state index contributed by atoms with van der Waals surface area (Å²) < 4.78 is 6.54. The molecule has 4 nitrogen and oxygen atoms in total. The highest BCUT2D eigenvalue weighted by Gasteiger charge is 2.01. The van der Waals surface area contributed by atoms with Gasteiger partial charge in [0.05, 0.1) is 6.61 Å². The molecule has 2 aromatic carbocycles. The van der Waals surface area contributed by atoms with Gasteiger partial charge in [0.1, 0.15) is 5.75 Å². The largest absolute Gasteiger partial charge is 0.494 e. The van der Waals surface area contributed by atoms with Gasteiger partial charge in [0.25, 0.3) is 0 Å². The van der Waals surface area contributed by atoms with Crippen LogP contribution in [0.15, 0.2) is 48.5 Å². The van der Waals surface area contributed by atoms with Crippen molar-refractivity contribution in [3.8, 4) is 5.75 Å². The lowest BCUT2D eigenvalue weighted by Crippen LogP contribution is -2.30. The molecule has 5 heteroatoms. The number of anilines is 1. The summed E-state index contributed by atoms with van der Waals surface area (Å²) in [4.78, 5) is 11.8. The average molecular weight is 410 g/mol. The first kappa shape index (κ1) is 16.6. The number of amides is 2. The van der Waals surface area contributed by atoms with E-state index in [9.17, 15) is 4.79 Å². The maximum Gasteiger partial charge on any atom is 0.319 e. The first-order valence-electron chi connectivity index (χ1n) is 7.19. The van der Waals surface area contributed by atoms with E-state index < -0.39 is 0 Å². The van der Waals surface area contributed by atoms with Gasteiger partial charge >= 0.3 is 6.03 Å². The number of urea groups is 1. The Balaban J connectivity index is 1.73. The van der Waals surface area contributed by atoms with Crippen molar-refractivity contribution < 1.29 is 9.53 Å². The smallest absolute Gasteiger partial charge is 0.319 e. The highest BCUT2D eigenvalue weighted by atomic mass is 127. The minimum absolute atomic E-state index is 0.188. The van der Waals surface area contributed by atoms with Crippen LogP contribution in [-0.2, 0) is 6.42 Å². The molecule has 2 amide bonds. The molecule has 0 aliphatic carbocycles. The third-order valence-electron chi connectivity index (χ3n) is 3.04. The molecular weight excluding hydrogens is 391 g/mol. The van der Waals surface area contributed by atoms with Gasteiger partial charge in [-0.05, 0) is 77.9 Å². The second-order valence-electron chi connectivity index (χ2n) is 4.71. The lowest BCUT2D eigenvalue weighted by Gasteiger charge is -2.08. The zero-order valence-corrected chi connectivity index (χ0v) is 14.6. The van der Waals surface area contributed by atoms with Gasteiger partial charge in [-0.25, -0.2) is 4.79 Å². The predicted molar refractivity (Wildman–Crippen MR) is 97.5 cm³/mol. The Hall–Kier alpha value is -1.76. The van der Waals surface area contributed by atoms with Crippen molar-refractivity contribution in [2.24, 2.45) is 0 Å². The Morgan fingerprint density at radius 3 is 2.41 bits per heavy atom. The van der Waals surface area contributed by atoms with Crippen LogP contribution in [0.5, 0.6) is 5.75 Å². The number of carbonyl (C=O) groups excluding carboxylic acids is 1. The summed E-state index contributed by atoms with van der Waals surface area (Å²) in [5.41, 5.74) is 1.96. The van der Waals surface area contributed by atoms with Gasteiger partial charge in [-0.3, -0.25) is 0 Å². The van der Waals surface area contributed by atoms with Crippen molar-refractivity contribution in [2.45, 2.75) is 13.3 Å². The number of rotatable bonds is 6. The molecule has 0 bridgehead atoms. The van der Waals surface area contributed by atoms with Gasteiger partial charge in [0.15, 0.2) is 0 Å². The summed E-state index contributed by atoms with van der Waals surface area (Å²) in [6.45, 7) is 3.22. The Morgan fingerprint density at radius 1 is 1.09 bits per heavy atom. The van der Waals surface area contributed by atoms with Gasteiger partial charge in [-0.1, -0.05) is 12.1 Å². The molecule has 0 aliphatic heterocycles. The number of hydrogen-bond donors (Lipinski definition) is 2. The fourth-order valence-electron chi connectivity index (χ4n) is 1.95. The van der Waals surface area contributed by atoms with Crippen molar-refractivity contribution in [3.63, 3.8) is 0 Å². The maximum atomic E-state index is 11.8. The number of benzene rings is 2. The van der Waals surface area contributed by atoms with Crippen LogP contribution in [0.1, 0.15) is 12.5 Å². The fourth-order valence-corrected chi connectivity index (χ4v) is 2.31. The summed E-state index contributed by atoms with van der Waals surface area (Å²) >= 11 is 2.23. The Bertz CT molecular complexity index is 597. The Labute approximate surface area is 144 Å². The minimum atomic E-state index is -0.188. The van der Waals surface area contributed by atoms with Crippen molar-refractivity contribution in [2.75, 3.05) is 18.5 Å². The number of carbonyl (C=O) groups is 1. The molecule has 116 valence electrons. The highest BCUT2D eigenvalue weighted by Crippen LogP contribution is 2.12. The number of halogens is 1. The van der Waals surface area contributed by atoms with Crippen LogP contribution in [0.4, 0.5) is 10.5 Å². The summed E-state index contributed by atoms with van der Waals surface area (Å²) in [5, 5.41) is 5.66. The molecule has 0 saturated carbocycles. The molecule has 2 aromatic rings. The zero-order chi connectivity index (χ0) is 15.8. The molecule has 0 spiro atoms. The first-order valence-corrected chi connectivity index (χ1v) is 8.27. The second-order valence-corrected chi connectivity index (χ2v) is 5.96. The van der Waals surface area contributed by atoms with Crippen molar-refractivity contribution >= 4 is 34.3 Å². The van der Waals surface area contributed by atoms with Crippen LogP contribution in [-0.4, -0.2) is 19.2 Å². The van der Waals surface area contributed by atoms with Gasteiger partial charge in [-0.15, -0.1) is 0 Å². The molecule has 0 saturated heterocycles.